The van der Waals surface area contributed by atoms with Gasteiger partial charge in [0.2, 0.25) is 0 Å². The minimum Gasteiger partial charge on any atom is -0.457 e. The van der Waals surface area contributed by atoms with E-state index in [9.17, 15) is 23.4 Å². The Kier molecular flexibility index (Phi) is 8.42. The van der Waals surface area contributed by atoms with Crippen molar-refractivity contribution in [3.8, 4) is 0 Å². The van der Waals surface area contributed by atoms with Crippen molar-refractivity contribution in [2.45, 2.75) is 31.1 Å². The topological polar surface area (TPSA) is 205 Å². The van der Waals surface area contributed by atoms with Crippen LogP contribution >= 0.6 is 23.5 Å². The lowest BCUT2D eigenvalue weighted by molar-refractivity contribution is -0.164. The molecular formula is C9H18BO14P3. The molecule has 14 nitrogen and oxygen atoms in total. The number of hydrogen-bond donors (Lipinski definition) is 4. The second kappa shape index (κ2) is 9.12. The van der Waals surface area contributed by atoms with Crippen LogP contribution in [0.25, 0.3) is 0 Å². The summed E-state index contributed by atoms with van der Waals surface area (Å²) < 4.78 is 60.3. The smallest absolute Gasteiger partial charge is 0.457 e. The third-order valence-corrected chi connectivity index (χ3v) is 6.80. The number of esters is 1. The van der Waals surface area contributed by atoms with Crippen LogP contribution in [0.15, 0.2) is 0 Å². The summed E-state index contributed by atoms with van der Waals surface area (Å²) in [5, 5.41) is 0. The SMILES string of the molecule is [B]C1CC(OC(=O)COC)C(C)(COP(=O)(O)OP(=O)(O)OP(=O)(O)O)O1. The van der Waals surface area contributed by atoms with Crippen molar-refractivity contribution < 1.29 is 65.4 Å². The summed E-state index contributed by atoms with van der Waals surface area (Å²) in [5.41, 5.74) is -1.55. The lowest BCUT2D eigenvalue weighted by atomic mass is 9.93. The molecule has 1 rings (SSSR count). The van der Waals surface area contributed by atoms with Crippen LogP contribution in [0.2, 0.25) is 0 Å². The zero-order valence-electron chi connectivity index (χ0n) is 14.1. The summed E-state index contributed by atoms with van der Waals surface area (Å²) >= 11 is 0. The molecule has 0 aromatic carbocycles. The molecule has 18 heteroatoms. The number of rotatable bonds is 10. The van der Waals surface area contributed by atoms with Crippen LogP contribution in [-0.4, -0.2) is 71.4 Å². The molecule has 5 atom stereocenters. The zero-order valence-corrected chi connectivity index (χ0v) is 16.7. The highest BCUT2D eigenvalue weighted by atomic mass is 31.3. The standard InChI is InChI=1S/C9H18BO14P3/c1-9(6(3-7(10)22-9)21-8(11)4-19-2)5-20-26(15,16)24-27(17,18)23-25(12,13)14/h6-7H,3-5H2,1-2H3,(H,15,16)(H,17,18)(H2,12,13,14). The van der Waals surface area contributed by atoms with Gasteiger partial charge in [-0.25, -0.2) is 18.5 Å². The number of carbonyl (C=O) groups is 1. The number of phosphoric ester groups is 1. The fourth-order valence-corrected chi connectivity index (χ4v) is 5.17. The highest BCUT2D eigenvalue weighted by Gasteiger charge is 2.49. The Morgan fingerprint density at radius 1 is 1.19 bits per heavy atom. The Balaban J connectivity index is 2.77. The largest absolute Gasteiger partial charge is 0.490 e. The molecule has 0 aliphatic carbocycles. The van der Waals surface area contributed by atoms with Gasteiger partial charge in [0.25, 0.3) is 0 Å². The van der Waals surface area contributed by atoms with Gasteiger partial charge in [-0.3, -0.25) is 4.52 Å². The monoisotopic (exact) mass is 454 g/mol. The highest BCUT2D eigenvalue weighted by Crippen LogP contribution is 2.66. The third-order valence-electron chi connectivity index (χ3n) is 3.01. The number of hydrogen-bond acceptors (Lipinski definition) is 10. The van der Waals surface area contributed by atoms with E-state index >= 15 is 0 Å². The number of ether oxygens (including phenoxy) is 3. The number of methoxy groups -OCH3 is 1. The zero-order chi connectivity index (χ0) is 21.1. The van der Waals surface area contributed by atoms with Crippen molar-refractivity contribution in [2.24, 2.45) is 0 Å². The summed E-state index contributed by atoms with van der Waals surface area (Å²) in [6.45, 7) is 0.127. The predicted molar refractivity (Wildman–Crippen MR) is 85.2 cm³/mol. The Hall–Kier alpha value is -0.135. The Morgan fingerprint density at radius 3 is 2.30 bits per heavy atom. The molecule has 5 unspecified atom stereocenters. The van der Waals surface area contributed by atoms with Crippen molar-refractivity contribution in [2.75, 3.05) is 20.3 Å². The minimum atomic E-state index is -5.65. The molecule has 1 heterocycles. The van der Waals surface area contributed by atoms with Gasteiger partial charge in [-0.1, -0.05) is 0 Å². The molecule has 0 aromatic heterocycles. The molecule has 27 heavy (non-hydrogen) atoms. The van der Waals surface area contributed by atoms with Gasteiger partial charge in [0.15, 0.2) is 0 Å². The van der Waals surface area contributed by atoms with E-state index in [1.165, 1.54) is 14.0 Å². The maximum absolute atomic E-state index is 11.8. The first-order valence-corrected chi connectivity index (χ1v) is 11.5. The average Bonchev–Trinajstić information content (AvgIpc) is 2.68. The van der Waals surface area contributed by atoms with Gasteiger partial charge in [-0.15, -0.1) is 0 Å². The van der Waals surface area contributed by atoms with E-state index in [4.69, 9.17) is 32.0 Å². The van der Waals surface area contributed by atoms with Crippen molar-refractivity contribution >= 4 is 37.3 Å². The second-order valence-corrected chi connectivity index (χ2v) is 9.90. The Labute approximate surface area is 154 Å². The Morgan fingerprint density at radius 2 is 1.78 bits per heavy atom. The quantitative estimate of drug-likeness (QED) is 0.188. The molecule has 1 saturated heterocycles. The van der Waals surface area contributed by atoms with Gasteiger partial charge < -0.3 is 33.8 Å². The van der Waals surface area contributed by atoms with Gasteiger partial charge in [-0.2, -0.15) is 8.62 Å². The van der Waals surface area contributed by atoms with Crippen molar-refractivity contribution in [3.63, 3.8) is 0 Å². The first-order chi connectivity index (χ1) is 12.1. The summed E-state index contributed by atoms with van der Waals surface area (Å²) in [6.07, 6.45) is -1.02. The minimum absolute atomic E-state index is 0.00567. The van der Waals surface area contributed by atoms with E-state index in [0.29, 0.717) is 0 Å². The normalized spacial score (nSPS) is 30.4. The van der Waals surface area contributed by atoms with Crippen molar-refractivity contribution in [3.05, 3.63) is 0 Å². The lowest BCUT2D eigenvalue weighted by Gasteiger charge is -2.30. The maximum atomic E-state index is 11.8. The van der Waals surface area contributed by atoms with Crippen molar-refractivity contribution in [1.29, 1.82) is 0 Å². The lowest BCUT2D eigenvalue weighted by Crippen LogP contribution is -2.43. The molecule has 0 spiro atoms. The van der Waals surface area contributed by atoms with Crippen LogP contribution < -0.4 is 0 Å². The Bertz CT molecular complexity index is 679. The average molecular weight is 454 g/mol. The van der Waals surface area contributed by atoms with Gasteiger partial charge in [0.05, 0.1) is 6.61 Å². The van der Waals surface area contributed by atoms with Gasteiger partial charge >= 0.3 is 29.4 Å². The molecule has 1 fully saturated rings. The molecule has 1 aliphatic heterocycles. The molecule has 0 amide bonds. The van der Waals surface area contributed by atoms with Crippen LogP contribution in [0, 0.1) is 0 Å². The molecular weight excluding hydrogens is 436 g/mol. The summed E-state index contributed by atoms with van der Waals surface area (Å²) in [7, 11) is -9.64. The van der Waals surface area contributed by atoms with E-state index in [-0.39, 0.29) is 13.0 Å². The van der Waals surface area contributed by atoms with Crippen LogP contribution in [-0.2, 0) is 45.8 Å². The van der Waals surface area contributed by atoms with Crippen LogP contribution in [0.4, 0.5) is 0 Å². The highest BCUT2D eigenvalue weighted by molar-refractivity contribution is 7.66. The van der Waals surface area contributed by atoms with E-state index in [0.717, 1.165) is 0 Å². The van der Waals surface area contributed by atoms with Crippen LogP contribution in [0.5, 0.6) is 0 Å². The second-order valence-electron chi connectivity index (χ2n) is 5.48. The molecule has 156 valence electrons. The van der Waals surface area contributed by atoms with Crippen LogP contribution in [0.3, 0.4) is 0 Å². The molecule has 1 aliphatic rings. The first kappa shape index (κ1) is 24.9. The number of phosphoric acid groups is 3. The maximum Gasteiger partial charge on any atom is 0.490 e. The summed E-state index contributed by atoms with van der Waals surface area (Å²) in [6, 6.07) is -0.917. The van der Waals surface area contributed by atoms with E-state index in [2.05, 4.69) is 17.9 Å². The van der Waals surface area contributed by atoms with Crippen molar-refractivity contribution in [1.82, 2.24) is 0 Å². The number of carbonyl (C=O) groups excluding carboxylic acids is 1. The molecule has 0 saturated carbocycles. The molecule has 2 radical (unpaired) electrons. The van der Waals surface area contributed by atoms with E-state index < -0.39 is 53.8 Å². The fraction of sp³-hybridized carbons (Fsp3) is 0.889. The molecule has 4 N–H and O–H groups in total. The van der Waals surface area contributed by atoms with Crippen LogP contribution in [0.1, 0.15) is 13.3 Å². The van der Waals surface area contributed by atoms with Gasteiger partial charge in [0, 0.05) is 19.5 Å². The molecule has 0 aromatic rings. The van der Waals surface area contributed by atoms with Gasteiger partial charge in [-0.05, 0) is 6.92 Å². The van der Waals surface area contributed by atoms with E-state index in [1.54, 1.807) is 0 Å². The van der Waals surface area contributed by atoms with Gasteiger partial charge in [0.1, 0.15) is 26.2 Å². The first-order valence-electron chi connectivity index (χ1n) is 6.98. The summed E-state index contributed by atoms with van der Waals surface area (Å²) in [5.74, 6) is -0.773. The fourth-order valence-electron chi connectivity index (χ4n) is 2.05. The molecule has 0 bridgehead atoms. The van der Waals surface area contributed by atoms with E-state index in [1.807, 2.05) is 0 Å². The third kappa shape index (κ3) is 8.82. The summed E-state index contributed by atoms with van der Waals surface area (Å²) in [4.78, 5) is 47.0. The predicted octanol–water partition coefficient (Wildman–Crippen LogP) is -0.439.